The van der Waals surface area contributed by atoms with Gasteiger partial charge in [-0.1, -0.05) is 24.3 Å². The van der Waals surface area contributed by atoms with Gasteiger partial charge in [-0.3, -0.25) is 4.68 Å². The van der Waals surface area contributed by atoms with E-state index in [1.54, 1.807) is 4.68 Å². The van der Waals surface area contributed by atoms with Gasteiger partial charge in [0.05, 0.1) is 19.3 Å². The van der Waals surface area contributed by atoms with Gasteiger partial charge in [0.25, 0.3) is 0 Å². The van der Waals surface area contributed by atoms with E-state index in [4.69, 9.17) is 0 Å². The minimum absolute atomic E-state index is 0. The number of nitrogens with one attached hydrogen (secondary N) is 1. The van der Waals surface area contributed by atoms with Crippen LogP contribution < -0.4 is 5.32 Å². The molecule has 7 heteroatoms. The highest BCUT2D eigenvalue weighted by Crippen LogP contribution is 2.10. The van der Waals surface area contributed by atoms with Crippen LogP contribution in [0.5, 0.6) is 0 Å². The number of rotatable bonds is 6. The van der Waals surface area contributed by atoms with Gasteiger partial charge in [-0.05, 0) is 18.1 Å². The van der Waals surface area contributed by atoms with Crippen molar-refractivity contribution in [2.45, 2.75) is 26.6 Å². The summed E-state index contributed by atoms with van der Waals surface area (Å²) in [4.78, 5) is 6.76. The van der Waals surface area contributed by atoms with E-state index in [9.17, 15) is 5.11 Å². The Bertz CT molecular complexity index is 656. The molecule has 1 aromatic heterocycles. The number of halogens is 1. The van der Waals surface area contributed by atoms with Gasteiger partial charge in [-0.15, -0.1) is 24.0 Å². The van der Waals surface area contributed by atoms with E-state index in [2.05, 4.69) is 27.2 Å². The Labute approximate surface area is 160 Å². The highest BCUT2D eigenvalue weighted by atomic mass is 127. The fourth-order valence-electron chi connectivity index (χ4n) is 2.40. The first kappa shape index (κ1) is 20.4. The van der Waals surface area contributed by atoms with Gasteiger partial charge in [0.1, 0.15) is 0 Å². The zero-order valence-electron chi connectivity index (χ0n) is 14.4. The van der Waals surface area contributed by atoms with Crippen molar-refractivity contribution in [3.05, 3.63) is 53.3 Å². The normalized spacial score (nSPS) is 11.1. The molecule has 1 heterocycles. The van der Waals surface area contributed by atoms with Gasteiger partial charge in [0.2, 0.25) is 0 Å². The Balaban J connectivity index is 0.00000288. The summed E-state index contributed by atoms with van der Waals surface area (Å²) in [7, 11) is 3.92. The summed E-state index contributed by atoms with van der Waals surface area (Å²) in [5.74, 6) is 0.837. The Morgan fingerprint density at radius 1 is 1.33 bits per heavy atom. The highest BCUT2D eigenvalue weighted by Gasteiger charge is 2.08. The fraction of sp³-hybridized carbons (Fsp3) is 0.412. The van der Waals surface area contributed by atoms with E-state index in [-0.39, 0.29) is 30.6 Å². The molecule has 24 heavy (non-hydrogen) atoms. The molecule has 0 aliphatic carbocycles. The van der Waals surface area contributed by atoms with E-state index in [1.807, 2.05) is 50.8 Å². The van der Waals surface area contributed by atoms with E-state index in [1.165, 1.54) is 0 Å². The SMILES string of the molecule is CCNC(=NCc1ccccc1CO)N(C)Cc1cnn(C)c1.I. The van der Waals surface area contributed by atoms with Crippen molar-refractivity contribution in [3.8, 4) is 0 Å². The molecule has 0 amide bonds. The molecule has 6 nitrogen and oxygen atoms in total. The Morgan fingerprint density at radius 3 is 2.62 bits per heavy atom. The number of aromatic nitrogens is 2. The first-order valence-electron chi connectivity index (χ1n) is 7.78. The number of benzene rings is 1. The van der Waals surface area contributed by atoms with E-state index in [0.717, 1.165) is 35.7 Å². The van der Waals surface area contributed by atoms with Gasteiger partial charge in [-0.25, -0.2) is 4.99 Å². The zero-order valence-corrected chi connectivity index (χ0v) is 16.8. The van der Waals surface area contributed by atoms with Crippen molar-refractivity contribution >= 4 is 29.9 Å². The quantitative estimate of drug-likeness (QED) is 0.408. The first-order valence-corrected chi connectivity index (χ1v) is 7.78. The molecule has 0 aliphatic rings. The molecule has 1 aromatic carbocycles. The van der Waals surface area contributed by atoms with Gasteiger partial charge in [0, 0.05) is 38.9 Å². The third-order valence-electron chi connectivity index (χ3n) is 3.56. The molecular formula is C17H26IN5O. The fourth-order valence-corrected chi connectivity index (χ4v) is 2.40. The molecule has 0 aliphatic heterocycles. The van der Waals surface area contributed by atoms with Crippen LogP contribution in [0, 0.1) is 0 Å². The Kier molecular flexibility index (Phi) is 8.77. The summed E-state index contributed by atoms with van der Waals surface area (Å²) in [6, 6.07) is 7.83. The lowest BCUT2D eigenvalue weighted by Crippen LogP contribution is -2.38. The molecule has 0 saturated carbocycles. The van der Waals surface area contributed by atoms with Crippen LogP contribution in [0.3, 0.4) is 0 Å². The smallest absolute Gasteiger partial charge is 0.194 e. The highest BCUT2D eigenvalue weighted by molar-refractivity contribution is 14.0. The molecule has 0 spiro atoms. The lowest BCUT2D eigenvalue weighted by Gasteiger charge is -2.21. The summed E-state index contributed by atoms with van der Waals surface area (Å²) in [6.45, 7) is 4.17. The van der Waals surface area contributed by atoms with Gasteiger partial charge in [-0.2, -0.15) is 5.10 Å². The van der Waals surface area contributed by atoms with Crippen LogP contribution in [-0.4, -0.2) is 39.3 Å². The Hall–Kier alpha value is -1.61. The second-order valence-electron chi connectivity index (χ2n) is 5.48. The maximum Gasteiger partial charge on any atom is 0.194 e. The van der Waals surface area contributed by atoms with Crippen LogP contribution in [0.2, 0.25) is 0 Å². The number of aliphatic hydroxyl groups excluding tert-OH is 1. The number of hydrogen-bond acceptors (Lipinski definition) is 3. The van der Waals surface area contributed by atoms with Gasteiger partial charge in [0.15, 0.2) is 5.96 Å². The summed E-state index contributed by atoms with van der Waals surface area (Å²) in [6.07, 6.45) is 3.86. The van der Waals surface area contributed by atoms with Crippen LogP contribution >= 0.6 is 24.0 Å². The van der Waals surface area contributed by atoms with Crippen molar-refractivity contribution in [1.29, 1.82) is 0 Å². The second kappa shape index (κ2) is 10.3. The molecule has 0 unspecified atom stereocenters. The summed E-state index contributed by atoms with van der Waals surface area (Å²) < 4.78 is 1.80. The van der Waals surface area contributed by atoms with Gasteiger partial charge < -0.3 is 15.3 Å². The second-order valence-corrected chi connectivity index (χ2v) is 5.48. The number of aliphatic hydroxyl groups is 1. The predicted molar refractivity (Wildman–Crippen MR) is 107 cm³/mol. The van der Waals surface area contributed by atoms with Crippen molar-refractivity contribution in [1.82, 2.24) is 20.0 Å². The van der Waals surface area contributed by atoms with E-state index < -0.39 is 0 Å². The number of hydrogen-bond donors (Lipinski definition) is 2. The van der Waals surface area contributed by atoms with Crippen LogP contribution in [0.1, 0.15) is 23.6 Å². The maximum absolute atomic E-state index is 9.41. The van der Waals surface area contributed by atoms with Crippen molar-refractivity contribution in [3.63, 3.8) is 0 Å². The van der Waals surface area contributed by atoms with Crippen molar-refractivity contribution < 1.29 is 5.11 Å². The number of nitrogens with zero attached hydrogens (tertiary/aromatic N) is 4. The molecular weight excluding hydrogens is 417 g/mol. The molecule has 0 bridgehead atoms. The summed E-state index contributed by atoms with van der Waals surface area (Å²) in [5, 5.41) is 16.9. The third kappa shape index (κ3) is 5.79. The predicted octanol–water partition coefficient (Wildman–Crippen LogP) is 2.13. The summed E-state index contributed by atoms with van der Waals surface area (Å²) in [5.41, 5.74) is 3.10. The number of aryl methyl sites for hydroxylation is 1. The average molecular weight is 443 g/mol. The van der Waals surface area contributed by atoms with E-state index >= 15 is 0 Å². The molecule has 0 saturated heterocycles. The van der Waals surface area contributed by atoms with Crippen molar-refractivity contribution in [2.75, 3.05) is 13.6 Å². The third-order valence-corrected chi connectivity index (χ3v) is 3.56. The maximum atomic E-state index is 9.41. The van der Waals surface area contributed by atoms with E-state index in [0.29, 0.717) is 6.54 Å². The molecule has 132 valence electrons. The topological polar surface area (TPSA) is 65.7 Å². The zero-order chi connectivity index (χ0) is 16.7. The minimum atomic E-state index is 0. The number of guanidine groups is 1. The Morgan fingerprint density at radius 2 is 2.04 bits per heavy atom. The van der Waals surface area contributed by atoms with Crippen LogP contribution in [0.4, 0.5) is 0 Å². The lowest BCUT2D eigenvalue weighted by atomic mass is 10.1. The van der Waals surface area contributed by atoms with Crippen LogP contribution in [-0.2, 0) is 26.7 Å². The molecule has 2 rings (SSSR count). The molecule has 0 atom stereocenters. The standard InChI is InChI=1S/C17H25N5O.HI/c1-4-18-17(21(2)11-14-9-20-22(3)12-14)19-10-15-7-5-6-8-16(15)13-23;/h5-9,12,23H,4,10-11,13H2,1-3H3,(H,18,19);1H. The van der Waals surface area contributed by atoms with Crippen LogP contribution in [0.25, 0.3) is 0 Å². The largest absolute Gasteiger partial charge is 0.392 e. The van der Waals surface area contributed by atoms with Gasteiger partial charge >= 0.3 is 0 Å². The lowest BCUT2D eigenvalue weighted by molar-refractivity contribution is 0.280. The average Bonchev–Trinajstić information content (AvgIpc) is 2.96. The summed E-state index contributed by atoms with van der Waals surface area (Å²) >= 11 is 0. The van der Waals surface area contributed by atoms with Crippen molar-refractivity contribution in [2.24, 2.45) is 12.0 Å². The first-order chi connectivity index (χ1) is 11.1. The molecule has 0 fully saturated rings. The van der Waals surface area contributed by atoms with Crippen LogP contribution in [0.15, 0.2) is 41.7 Å². The monoisotopic (exact) mass is 443 g/mol. The molecule has 2 N–H and O–H groups in total. The minimum Gasteiger partial charge on any atom is -0.392 e. The number of aliphatic imine (C=N–C) groups is 1. The molecule has 0 radical (unpaired) electrons. The molecule has 2 aromatic rings.